The van der Waals surface area contributed by atoms with E-state index in [0.29, 0.717) is 17.3 Å². The van der Waals surface area contributed by atoms with Crippen LogP contribution in [-0.2, 0) is 0 Å². The normalized spacial score (nSPS) is 26.9. The van der Waals surface area contributed by atoms with Crippen LogP contribution in [0.2, 0.25) is 0 Å². The Bertz CT molecular complexity index is 447. The third-order valence-corrected chi connectivity index (χ3v) is 3.66. The zero-order valence-corrected chi connectivity index (χ0v) is 11.2. The summed E-state index contributed by atoms with van der Waals surface area (Å²) < 4.78 is 0. The van der Waals surface area contributed by atoms with E-state index in [9.17, 15) is 9.90 Å². The molecule has 2 rings (SSSR count). The quantitative estimate of drug-likeness (QED) is 0.767. The topological polar surface area (TPSA) is 88.2 Å². The molecular weight excluding hydrogens is 242 g/mol. The molecule has 5 heteroatoms. The zero-order valence-electron chi connectivity index (χ0n) is 11.2. The number of hydrogen-bond donors (Lipinski definition) is 3. The van der Waals surface area contributed by atoms with Crippen LogP contribution in [0.5, 0.6) is 0 Å². The summed E-state index contributed by atoms with van der Waals surface area (Å²) in [5.74, 6) is 0.233. The Hall–Kier alpha value is -1.62. The molecule has 1 aliphatic carbocycles. The van der Waals surface area contributed by atoms with Crippen molar-refractivity contribution in [2.45, 2.75) is 38.2 Å². The Morgan fingerprint density at radius 3 is 3.05 bits per heavy atom. The first-order valence-corrected chi connectivity index (χ1v) is 6.71. The van der Waals surface area contributed by atoms with E-state index in [1.165, 1.54) is 6.20 Å². The molecule has 1 aromatic rings. The minimum atomic E-state index is -0.777. The van der Waals surface area contributed by atoms with Crippen LogP contribution in [0.4, 0.5) is 5.69 Å². The third kappa shape index (κ3) is 3.67. The van der Waals surface area contributed by atoms with Gasteiger partial charge in [-0.3, -0.25) is 4.79 Å². The van der Waals surface area contributed by atoms with E-state index in [0.717, 1.165) is 25.7 Å². The molecule has 2 atom stereocenters. The smallest absolute Gasteiger partial charge is 0.269 e. The second-order valence-electron chi connectivity index (χ2n) is 5.59. The molecule has 5 nitrogen and oxygen atoms in total. The van der Waals surface area contributed by atoms with E-state index in [1.807, 2.05) is 0 Å². The maximum absolute atomic E-state index is 11.9. The first-order chi connectivity index (χ1) is 8.98. The van der Waals surface area contributed by atoms with E-state index in [1.54, 1.807) is 12.1 Å². The largest absolute Gasteiger partial charge is 0.397 e. The summed E-state index contributed by atoms with van der Waals surface area (Å²) in [4.78, 5) is 15.9. The van der Waals surface area contributed by atoms with Gasteiger partial charge in [0, 0.05) is 6.54 Å². The summed E-state index contributed by atoms with van der Waals surface area (Å²) in [6, 6.07) is 3.22. The highest BCUT2D eigenvalue weighted by atomic mass is 16.3. The number of anilines is 1. The predicted molar refractivity (Wildman–Crippen MR) is 73.6 cm³/mol. The van der Waals surface area contributed by atoms with Crippen LogP contribution in [0.3, 0.4) is 0 Å². The Morgan fingerprint density at radius 2 is 2.42 bits per heavy atom. The van der Waals surface area contributed by atoms with Gasteiger partial charge in [-0.2, -0.15) is 0 Å². The van der Waals surface area contributed by atoms with Crippen molar-refractivity contribution in [1.29, 1.82) is 0 Å². The molecule has 4 N–H and O–H groups in total. The number of carbonyl (C=O) groups is 1. The number of aliphatic hydroxyl groups is 1. The summed E-state index contributed by atoms with van der Waals surface area (Å²) in [7, 11) is 0. The maximum Gasteiger partial charge on any atom is 0.269 e. The molecule has 1 aromatic heterocycles. The van der Waals surface area contributed by atoms with Crippen LogP contribution in [-0.4, -0.2) is 28.1 Å². The molecule has 0 radical (unpaired) electrons. The molecule has 0 aliphatic heterocycles. The zero-order chi connectivity index (χ0) is 13.9. The number of rotatable bonds is 3. The fraction of sp³-hybridized carbons (Fsp3) is 0.571. The number of nitrogen functional groups attached to an aromatic ring is 1. The number of amides is 1. The van der Waals surface area contributed by atoms with Crippen molar-refractivity contribution in [1.82, 2.24) is 10.3 Å². The van der Waals surface area contributed by atoms with Crippen molar-refractivity contribution in [3.63, 3.8) is 0 Å². The van der Waals surface area contributed by atoms with Gasteiger partial charge in [-0.25, -0.2) is 4.98 Å². The third-order valence-electron chi connectivity index (χ3n) is 3.66. The average Bonchev–Trinajstić information content (AvgIpc) is 2.37. The van der Waals surface area contributed by atoms with Gasteiger partial charge in [0.2, 0.25) is 0 Å². The summed E-state index contributed by atoms with van der Waals surface area (Å²) in [5, 5.41) is 13.2. The minimum absolute atomic E-state index is 0.272. The molecule has 0 spiro atoms. The highest BCUT2D eigenvalue weighted by molar-refractivity contribution is 5.92. The van der Waals surface area contributed by atoms with Crippen LogP contribution in [0.25, 0.3) is 0 Å². The molecule has 0 aromatic carbocycles. The molecule has 1 fully saturated rings. The summed E-state index contributed by atoms with van der Waals surface area (Å²) >= 11 is 0. The van der Waals surface area contributed by atoms with Crippen LogP contribution in [0.1, 0.15) is 43.1 Å². The first kappa shape index (κ1) is 13.8. The molecule has 1 heterocycles. The number of nitrogens with two attached hydrogens (primary N) is 1. The highest BCUT2D eigenvalue weighted by Gasteiger charge is 2.32. The molecule has 1 saturated carbocycles. The lowest BCUT2D eigenvalue weighted by molar-refractivity contribution is -0.0109. The van der Waals surface area contributed by atoms with Crippen LogP contribution < -0.4 is 11.1 Å². The summed E-state index contributed by atoms with van der Waals surface area (Å²) in [5.41, 5.74) is 5.59. The SMILES string of the molecule is CC1CCCC(O)(CNC(=O)c2ccc(N)cn2)C1. The molecular formula is C14H21N3O2. The van der Waals surface area contributed by atoms with Gasteiger partial charge in [0.05, 0.1) is 17.5 Å². The Morgan fingerprint density at radius 1 is 1.63 bits per heavy atom. The molecule has 104 valence electrons. The number of aromatic nitrogens is 1. The fourth-order valence-corrected chi connectivity index (χ4v) is 2.67. The van der Waals surface area contributed by atoms with Gasteiger partial charge < -0.3 is 16.2 Å². The second kappa shape index (κ2) is 5.57. The molecule has 1 amide bonds. The molecule has 19 heavy (non-hydrogen) atoms. The van der Waals surface area contributed by atoms with Crippen molar-refractivity contribution in [3.05, 3.63) is 24.0 Å². The van der Waals surface area contributed by atoms with Crippen LogP contribution in [0.15, 0.2) is 18.3 Å². The summed E-state index contributed by atoms with van der Waals surface area (Å²) in [6.07, 6.45) is 5.09. The summed E-state index contributed by atoms with van der Waals surface area (Å²) in [6.45, 7) is 2.41. The van der Waals surface area contributed by atoms with Gasteiger partial charge >= 0.3 is 0 Å². The second-order valence-corrected chi connectivity index (χ2v) is 5.59. The standard InChI is InChI=1S/C14H21N3O2/c1-10-3-2-6-14(19,7-10)9-17-13(18)12-5-4-11(15)8-16-12/h4-5,8,10,19H,2-3,6-7,9,15H2,1H3,(H,17,18). The molecule has 0 bridgehead atoms. The van der Waals surface area contributed by atoms with E-state index < -0.39 is 5.60 Å². The van der Waals surface area contributed by atoms with Crippen LogP contribution in [0, 0.1) is 5.92 Å². The van der Waals surface area contributed by atoms with Crippen molar-refractivity contribution < 1.29 is 9.90 Å². The number of carbonyl (C=O) groups excluding carboxylic acids is 1. The molecule has 1 aliphatic rings. The lowest BCUT2D eigenvalue weighted by Gasteiger charge is -2.35. The minimum Gasteiger partial charge on any atom is -0.397 e. The van der Waals surface area contributed by atoms with Gasteiger partial charge in [-0.05, 0) is 30.9 Å². The van der Waals surface area contributed by atoms with Gasteiger partial charge in [-0.1, -0.05) is 19.8 Å². The van der Waals surface area contributed by atoms with Gasteiger partial charge in [0.15, 0.2) is 0 Å². The first-order valence-electron chi connectivity index (χ1n) is 6.71. The van der Waals surface area contributed by atoms with Crippen molar-refractivity contribution in [3.8, 4) is 0 Å². The lowest BCUT2D eigenvalue weighted by Crippen LogP contribution is -2.45. The lowest BCUT2D eigenvalue weighted by atomic mass is 9.79. The highest BCUT2D eigenvalue weighted by Crippen LogP contribution is 2.31. The van der Waals surface area contributed by atoms with Crippen molar-refractivity contribution in [2.24, 2.45) is 5.92 Å². The fourth-order valence-electron chi connectivity index (χ4n) is 2.67. The van der Waals surface area contributed by atoms with Gasteiger partial charge in [0.1, 0.15) is 5.69 Å². The van der Waals surface area contributed by atoms with E-state index in [4.69, 9.17) is 5.73 Å². The molecule has 2 unspecified atom stereocenters. The van der Waals surface area contributed by atoms with Gasteiger partial charge in [-0.15, -0.1) is 0 Å². The Labute approximate surface area is 113 Å². The van der Waals surface area contributed by atoms with Crippen molar-refractivity contribution >= 4 is 11.6 Å². The number of pyridine rings is 1. The average molecular weight is 263 g/mol. The Balaban J connectivity index is 1.91. The number of hydrogen-bond acceptors (Lipinski definition) is 4. The van der Waals surface area contributed by atoms with Crippen molar-refractivity contribution in [2.75, 3.05) is 12.3 Å². The maximum atomic E-state index is 11.9. The monoisotopic (exact) mass is 263 g/mol. The number of nitrogens with one attached hydrogen (secondary N) is 1. The number of nitrogens with zero attached hydrogens (tertiary/aromatic N) is 1. The van der Waals surface area contributed by atoms with E-state index in [2.05, 4.69) is 17.2 Å². The predicted octanol–water partition coefficient (Wildman–Crippen LogP) is 1.33. The Kier molecular flexibility index (Phi) is 4.04. The van der Waals surface area contributed by atoms with E-state index in [-0.39, 0.29) is 12.5 Å². The van der Waals surface area contributed by atoms with Gasteiger partial charge in [0.25, 0.3) is 5.91 Å². The molecule has 0 saturated heterocycles. The van der Waals surface area contributed by atoms with E-state index >= 15 is 0 Å². The van der Waals surface area contributed by atoms with Crippen LogP contribution >= 0.6 is 0 Å².